The third-order valence-corrected chi connectivity index (χ3v) is 2.17. The molecule has 0 amide bonds. The third-order valence-electron chi connectivity index (χ3n) is 2.17. The number of benzene rings is 1. The van der Waals surface area contributed by atoms with Gasteiger partial charge in [-0.2, -0.15) is 0 Å². The molecule has 0 radical (unpaired) electrons. The zero-order valence-electron chi connectivity index (χ0n) is 8.36. The van der Waals surface area contributed by atoms with Gasteiger partial charge in [0.05, 0.1) is 0 Å². The average molecular weight is 204 g/mol. The molecule has 0 unspecified atom stereocenters. The van der Waals surface area contributed by atoms with Gasteiger partial charge in [0.25, 0.3) is 0 Å². The van der Waals surface area contributed by atoms with Crippen molar-refractivity contribution in [1.82, 2.24) is 0 Å². The summed E-state index contributed by atoms with van der Waals surface area (Å²) in [5, 5.41) is 0. The van der Waals surface area contributed by atoms with Crippen molar-refractivity contribution in [2.75, 3.05) is 13.2 Å². The summed E-state index contributed by atoms with van der Waals surface area (Å²) in [6.45, 7) is 3.85. The first-order valence-corrected chi connectivity index (χ1v) is 4.80. The molecule has 0 saturated carbocycles. The molecule has 1 aliphatic rings. The fourth-order valence-corrected chi connectivity index (χ4v) is 1.44. The fraction of sp³-hybridized carbons (Fsp3) is 0.250. The molecule has 0 atom stereocenters. The largest absolute Gasteiger partial charge is 0.482 e. The van der Waals surface area contributed by atoms with Crippen LogP contribution in [0.2, 0.25) is 0 Å². The van der Waals surface area contributed by atoms with Gasteiger partial charge in [-0.3, -0.25) is 4.79 Å². The highest BCUT2D eigenvalue weighted by Crippen LogP contribution is 2.30. The molecule has 15 heavy (non-hydrogen) atoms. The van der Waals surface area contributed by atoms with Crippen molar-refractivity contribution in [3.05, 3.63) is 36.4 Å². The Bertz CT molecular complexity index is 396. The predicted molar refractivity (Wildman–Crippen MR) is 56.3 cm³/mol. The number of carbonyl (C=O) groups is 1. The van der Waals surface area contributed by atoms with Crippen LogP contribution in [0.15, 0.2) is 30.9 Å². The predicted octanol–water partition coefficient (Wildman–Crippen LogP) is 1.76. The van der Waals surface area contributed by atoms with Gasteiger partial charge in [-0.25, -0.2) is 0 Å². The third kappa shape index (κ3) is 2.18. The summed E-state index contributed by atoms with van der Waals surface area (Å²) < 4.78 is 10.6. The van der Waals surface area contributed by atoms with E-state index in [4.69, 9.17) is 9.47 Å². The molecule has 78 valence electrons. The number of fused-ring (bicyclic) bond motifs is 1. The lowest BCUT2D eigenvalue weighted by Crippen LogP contribution is -2.15. The maximum absolute atomic E-state index is 11.1. The van der Waals surface area contributed by atoms with Gasteiger partial charge in [-0.05, 0) is 24.1 Å². The smallest absolute Gasteiger partial charge is 0.207 e. The Morgan fingerprint density at radius 3 is 2.73 bits per heavy atom. The van der Waals surface area contributed by atoms with Crippen LogP contribution in [0.3, 0.4) is 0 Å². The van der Waals surface area contributed by atoms with E-state index in [1.54, 1.807) is 0 Å². The molecule has 3 nitrogen and oxygen atoms in total. The van der Waals surface area contributed by atoms with Gasteiger partial charge in [-0.15, -0.1) is 6.58 Å². The van der Waals surface area contributed by atoms with Crippen LogP contribution in [0.5, 0.6) is 11.5 Å². The van der Waals surface area contributed by atoms with Gasteiger partial charge >= 0.3 is 0 Å². The van der Waals surface area contributed by atoms with Gasteiger partial charge < -0.3 is 9.47 Å². The lowest BCUT2D eigenvalue weighted by molar-refractivity contribution is -0.122. The summed E-state index contributed by atoms with van der Waals surface area (Å²) in [6, 6.07) is 5.65. The average Bonchev–Trinajstić information content (AvgIpc) is 2.42. The molecule has 3 heteroatoms. The van der Waals surface area contributed by atoms with Gasteiger partial charge in [-0.1, -0.05) is 12.1 Å². The van der Waals surface area contributed by atoms with Gasteiger partial charge in [0, 0.05) is 0 Å². The summed E-state index contributed by atoms with van der Waals surface area (Å²) in [4.78, 5) is 11.1. The van der Waals surface area contributed by atoms with E-state index in [1.165, 1.54) is 0 Å². The Morgan fingerprint density at radius 2 is 2.00 bits per heavy atom. The number of ether oxygens (including phenoxy) is 2. The summed E-state index contributed by atoms with van der Waals surface area (Å²) >= 11 is 0. The summed E-state index contributed by atoms with van der Waals surface area (Å²) in [7, 11) is 0. The zero-order valence-corrected chi connectivity index (χ0v) is 8.36. The van der Waals surface area contributed by atoms with Crippen LogP contribution in [-0.2, 0) is 11.2 Å². The number of ketones is 1. The van der Waals surface area contributed by atoms with E-state index in [-0.39, 0.29) is 19.0 Å². The van der Waals surface area contributed by atoms with Crippen LogP contribution < -0.4 is 9.47 Å². The first-order chi connectivity index (χ1) is 7.29. The molecule has 1 aliphatic heterocycles. The van der Waals surface area contributed by atoms with E-state index < -0.39 is 0 Å². The molecule has 0 N–H and O–H groups in total. The van der Waals surface area contributed by atoms with Gasteiger partial charge in [0.2, 0.25) is 5.78 Å². The minimum Gasteiger partial charge on any atom is -0.482 e. The SMILES string of the molecule is C=CCc1ccc2c(c1)OCC(=O)CO2. The molecule has 2 rings (SSSR count). The van der Waals surface area contributed by atoms with Crippen LogP contribution in [0.4, 0.5) is 0 Å². The molecule has 0 aliphatic carbocycles. The molecule has 1 aromatic carbocycles. The number of hydrogen-bond donors (Lipinski definition) is 0. The van der Waals surface area contributed by atoms with Crippen molar-refractivity contribution in [3.8, 4) is 11.5 Å². The van der Waals surface area contributed by atoms with Crippen molar-refractivity contribution >= 4 is 5.78 Å². The van der Waals surface area contributed by atoms with Crippen molar-refractivity contribution < 1.29 is 14.3 Å². The van der Waals surface area contributed by atoms with Crippen LogP contribution in [0.1, 0.15) is 5.56 Å². The number of hydrogen-bond acceptors (Lipinski definition) is 3. The van der Waals surface area contributed by atoms with E-state index in [0.717, 1.165) is 12.0 Å². The quantitative estimate of drug-likeness (QED) is 0.688. The lowest BCUT2D eigenvalue weighted by atomic mass is 10.1. The van der Waals surface area contributed by atoms with Crippen molar-refractivity contribution in [3.63, 3.8) is 0 Å². The second-order valence-corrected chi connectivity index (χ2v) is 3.39. The highest BCUT2D eigenvalue weighted by Gasteiger charge is 2.14. The van der Waals surface area contributed by atoms with E-state index in [0.29, 0.717) is 11.5 Å². The molecule has 1 heterocycles. The van der Waals surface area contributed by atoms with E-state index >= 15 is 0 Å². The van der Waals surface area contributed by atoms with Crippen LogP contribution in [0, 0.1) is 0 Å². The second kappa shape index (κ2) is 4.17. The first kappa shape index (κ1) is 9.77. The number of Topliss-reactive ketones (excluding diaryl/α,β-unsaturated/α-hetero) is 1. The Balaban J connectivity index is 2.27. The first-order valence-electron chi connectivity index (χ1n) is 4.80. The van der Waals surface area contributed by atoms with E-state index in [1.807, 2.05) is 24.3 Å². The molecule has 1 aromatic rings. The maximum Gasteiger partial charge on any atom is 0.207 e. The molecule has 0 bridgehead atoms. The number of carbonyl (C=O) groups excluding carboxylic acids is 1. The normalized spacial score (nSPS) is 14.5. The molecule has 0 fully saturated rings. The van der Waals surface area contributed by atoms with Crippen LogP contribution in [-0.4, -0.2) is 19.0 Å². The monoisotopic (exact) mass is 204 g/mol. The number of allylic oxidation sites excluding steroid dienone is 1. The topological polar surface area (TPSA) is 35.5 Å². The minimum absolute atomic E-state index is 0.0449. The summed E-state index contributed by atoms with van der Waals surface area (Å²) in [5.41, 5.74) is 1.10. The van der Waals surface area contributed by atoms with Gasteiger partial charge in [0.15, 0.2) is 24.7 Å². The summed E-state index contributed by atoms with van der Waals surface area (Å²) in [5.74, 6) is 1.23. The number of rotatable bonds is 2. The second-order valence-electron chi connectivity index (χ2n) is 3.39. The Morgan fingerprint density at radius 1 is 1.27 bits per heavy atom. The van der Waals surface area contributed by atoms with Gasteiger partial charge in [0.1, 0.15) is 0 Å². The minimum atomic E-state index is -0.0449. The molecular formula is C12H12O3. The van der Waals surface area contributed by atoms with Crippen LogP contribution >= 0.6 is 0 Å². The van der Waals surface area contributed by atoms with Crippen molar-refractivity contribution in [2.45, 2.75) is 6.42 Å². The Hall–Kier alpha value is -1.77. The Labute approximate surface area is 88.3 Å². The fourth-order valence-electron chi connectivity index (χ4n) is 1.44. The molecular weight excluding hydrogens is 192 g/mol. The van der Waals surface area contributed by atoms with Crippen LogP contribution in [0.25, 0.3) is 0 Å². The summed E-state index contributed by atoms with van der Waals surface area (Å²) in [6.07, 6.45) is 2.61. The molecule has 0 saturated heterocycles. The van der Waals surface area contributed by atoms with Crippen molar-refractivity contribution in [1.29, 1.82) is 0 Å². The lowest BCUT2D eigenvalue weighted by Gasteiger charge is -2.07. The molecule has 0 aromatic heterocycles. The highest BCUT2D eigenvalue weighted by molar-refractivity contribution is 5.82. The van der Waals surface area contributed by atoms with Crippen molar-refractivity contribution in [2.24, 2.45) is 0 Å². The van der Waals surface area contributed by atoms with E-state index in [9.17, 15) is 4.79 Å². The molecule has 0 spiro atoms. The van der Waals surface area contributed by atoms with E-state index in [2.05, 4.69) is 6.58 Å². The highest BCUT2D eigenvalue weighted by atomic mass is 16.5. The zero-order chi connectivity index (χ0) is 10.7. The standard InChI is InChI=1S/C12H12O3/c1-2-3-9-4-5-11-12(6-9)15-8-10(13)7-14-11/h2,4-6H,1,3,7-8H2. The maximum atomic E-state index is 11.1. The Kier molecular flexibility index (Phi) is 2.72.